The summed E-state index contributed by atoms with van der Waals surface area (Å²) in [5.41, 5.74) is 0.785. The van der Waals surface area contributed by atoms with E-state index in [-0.39, 0.29) is 11.4 Å². The van der Waals surface area contributed by atoms with Crippen molar-refractivity contribution in [3.63, 3.8) is 0 Å². The zero-order chi connectivity index (χ0) is 16.5. The summed E-state index contributed by atoms with van der Waals surface area (Å²) >= 11 is 0. The van der Waals surface area contributed by atoms with E-state index < -0.39 is 18.9 Å². The molecule has 5 nitrogen and oxygen atoms in total. The molecule has 0 amide bonds. The van der Waals surface area contributed by atoms with Gasteiger partial charge in [-0.25, -0.2) is 9.18 Å². The van der Waals surface area contributed by atoms with Crippen LogP contribution in [0.15, 0.2) is 18.2 Å². The summed E-state index contributed by atoms with van der Waals surface area (Å²) in [4.78, 5) is 14.4. The smallest absolute Gasteiger partial charge is 0.472 e. The van der Waals surface area contributed by atoms with Gasteiger partial charge in [0.15, 0.2) is 0 Å². The lowest BCUT2D eigenvalue weighted by atomic mass is 9.85. The number of rotatable bonds is 3. The Kier molecular flexibility index (Phi) is 4.46. The molecule has 1 aromatic heterocycles. The molecule has 0 saturated carbocycles. The number of H-pyrrole nitrogens is 1. The van der Waals surface area contributed by atoms with E-state index in [2.05, 4.69) is 4.98 Å². The second kappa shape index (κ2) is 6.00. The van der Waals surface area contributed by atoms with Crippen LogP contribution in [-0.2, 0) is 15.8 Å². The summed E-state index contributed by atoms with van der Waals surface area (Å²) in [6.45, 7) is 6.93. The third-order valence-corrected chi connectivity index (χ3v) is 3.05. The Morgan fingerprint density at radius 1 is 1.36 bits per heavy atom. The van der Waals surface area contributed by atoms with Crippen molar-refractivity contribution in [3.8, 4) is 0 Å². The lowest BCUT2D eigenvalue weighted by Crippen LogP contribution is -2.38. The van der Waals surface area contributed by atoms with Crippen LogP contribution < -0.4 is 5.59 Å². The van der Waals surface area contributed by atoms with Gasteiger partial charge >= 0.3 is 13.3 Å². The Bertz CT molecular complexity index is 693. The summed E-state index contributed by atoms with van der Waals surface area (Å²) in [7, 11) is -1.50. The topological polar surface area (TPSA) is 71.5 Å². The van der Waals surface area contributed by atoms with Crippen molar-refractivity contribution in [2.24, 2.45) is 0 Å². The van der Waals surface area contributed by atoms with Gasteiger partial charge in [-0.1, -0.05) is 6.92 Å². The first-order valence-electron chi connectivity index (χ1n) is 7.08. The summed E-state index contributed by atoms with van der Waals surface area (Å²) in [6, 6.07) is 4.59. The van der Waals surface area contributed by atoms with Gasteiger partial charge < -0.3 is 19.4 Å². The number of aryl methyl sites for hydroxylation is 1. The summed E-state index contributed by atoms with van der Waals surface area (Å²) in [5, 5.41) is 10.5. The molecule has 0 spiro atoms. The van der Waals surface area contributed by atoms with Crippen molar-refractivity contribution < 1.29 is 23.6 Å². The van der Waals surface area contributed by atoms with Crippen LogP contribution in [0.5, 0.6) is 0 Å². The first kappa shape index (κ1) is 16.4. The first-order valence-corrected chi connectivity index (χ1v) is 7.08. The van der Waals surface area contributed by atoms with Crippen LogP contribution in [0.1, 0.15) is 33.3 Å². The number of carbonyl (C=O) groups is 1. The van der Waals surface area contributed by atoms with E-state index in [0.29, 0.717) is 22.9 Å². The van der Waals surface area contributed by atoms with Crippen LogP contribution in [0.4, 0.5) is 9.18 Å². The van der Waals surface area contributed by atoms with Crippen molar-refractivity contribution in [3.05, 3.63) is 29.6 Å². The van der Waals surface area contributed by atoms with Gasteiger partial charge in [-0.15, -0.1) is 0 Å². The molecule has 118 valence electrons. The normalized spacial score (nSPS) is 11.5. The van der Waals surface area contributed by atoms with Crippen LogP contribution in [0.25, 0.3) is 10.9 Å². The first-order chi connectivity index (χ1) is 10.2. The third kappa shape index (κ3) is 3.79. The molecule has 0 unspecified atom stereocenters. The molecule has 0 aliphatic rings. The number of benzene rings is 1. The van der Waals surface area contributed by atoms with Crippen LogP contribution >= 0.6 is 0 Å². The molecular weight excluding hydrogens is 288 g/mol. The molecule has 0 fully saturated rings. The Hall–Kier alpha value is -2.02. The van der Waals surface area contributed by atoms with E-state index in [9.17, 15) is 14.2 Å². The average Bonchev–Trinajstić information content (AvgIpc) is 2.77. The molecular formula is C15H19BFNO4. The fourth-order valence-corrected chi connectivity index (χ4v) is 2.05. The lowest BCUT2D eigenvalue weighted by Gasteiger charge is -2.19. The van der Waals surface area contributed by atoms with Gasteiger partial charge in [0.2, 0.25) is 0 Å². The van der Waals surface area contributed by atoms with Gasteiger partial charge in [-0.2, -0.15) is 0 Å². The lowest BCUT2D eigenvalue weighted by molar-refractivity contribution is 0.0173. The molecule has 0 bridgehead atoms. The molecule has 1 aromatic carbocycles. The highest BCUT2D eigenvalue weighted by atomic mass is 19.1. The van der Waals surface area contributed by atoms with Crippen molar-refractivity contribution >= 4 is 29.8 Å². The maximum absolute atomic E-state index is 13.7. The van der Waals surface area contributed by atoms with Gasteiger partial charge in [0.25, 0.3) is 0 Å². The zero-order valence-electron chi connectivity index (χ0n) is 13.1. The molecule has 0 aliphatic carbocycles. The van der Waals surface area contributed by atoms with Gasteiger partial charge in [0.05, 0.1) is 5.59 Å². The number of halogens is 1. The van der Waals surface area contributed by atoms with E-state index in [0.717, 1.165) is 0 Å². The molecule has 0 atom stereocenters. The SMILES string of the molecule is CCc1cc2[nH]c(B(O)OC(=O)OC(C)(C)C)cc2cc1F. The number of carbonyl (C=O) groups excluding carboxylic acids is 1. The highest BCUT2D eigenvalue weighted by Gasteiger charge is 2.27. The number of nitrogens with one attached hydrogen (secondary N) is 1. The highest BCUT2D eigenvalue weighted by molar-refractivity contribution is 6.61. The van der Waals surface area contributed by atoms with Gasteiger partial charge in [-0.3, -0.25) is 0 Å². The fraction of sp³-hybridized carbons (Fsp3) is 0.400. The molecule has 2 aromatic rings. The number of aromatic nitrogens is 1. The third-order valence-electron chi connectivity index (χ3n) is 3.05. The second-order valence-electron chi connectivity index (χ2n) is 6.04. The predicted octanol–water partition coefficient (Wildman–Crippen LogP) is 2.51. The van der Waals surface area contributed by atoms with E-state index in [1.54, 1.807) is 26.8 Å². The summed E-state index contributed by atoms with van der Waals surface area (Å²) in [6.07, 6.45) is -0.410. The van der Waals surface area contributed by atoms with Crippen LogP contribution in [0.3, 0.4) is 0 Å². The minimum atomic E-state index is -1.50. The molecule has 0 aliphatic heterocycles. The van der Waals surface area contributed by atoms with Crippen LogP contribution in [0.2, 0.25) is 0 Å². The van der Waals surface area contributed by atoms with Crippen molar-refractivity contribution in [2.45, 2.75) is 39.7 Å². The number of hydrogen-bond donors (Lipinski definition) is 2. The van der Waals surface area contributed by atoms with Crippen LogP contribution in [0, 0.1) is 5.82 Å². The Morgan fingerprint density at radius 3 is 2.64 bits per heavy atom. The van der Waals surface area contributed by atoms with Crippen molar-refractivity contribution in [1.82, 2.24) is 4.98 Å². The number of aromatic amines is 1. The molecule has 7 heteroatoms. The van der Waals surface area contributed by atoms with E-state index in [1.807, 2.05) is 6.92 Å². The predicted molar refractivity (Wildman–Crippen MR) is 82.6 cm³/mol. The molecule has 0 saturated heterocycles. The van der Waals surface area contributed by atoms with Crippen molar-refractivity contribution in [1.29, 1.82) is 0 Å². The van der Waals surface area contributed by atoms with E-state index >= 15 is 0 Å². The molecule has 0 radical (unpaired) electrons. The Labute approximate surface area is 128 Å². The number of fused-ring (bicyclic) bond motifs is 1. The second-order valence-corrected chi connectivity index (χ2v) is 6.04. The minimum Gasteiger partial charge on any atom is -0.472 e. The number of ether oxygens (including phenoxy) is 1. The van der Waals surface area contributed by atoms with E-state index in [4.69, 9.17) is 9.39 Å². The molecule has 1 heterocycles. The van der Waals surface area contributed by atoms with Crippen molar-refractivity contribution in [2.75, 3.05) is 0 Å². The number of hydrogen-bond acceptors (Lipinski definition) is 4. The van der Waals surface area contributed by atoms with Crippen LogP contribution in [-0.4, -0.2) is 28.9 Å². The van der Waals surface area contributed by atoms with E-state index in [1.165, 1.54) is 12.1 Å². The molecule has 22 heavy (non-hydrogen) atoms. The average molecular weight is 307 g/mol. The zero-order valence-corrected chi connectivity index (χ0v) is 13.1. The standard InChI is InChI=1S/C15H19BFNO4/c1-5-9-7-12-10(6-11(9)17)8-13(18-12)16(20)22-14(19)21-15(2,3)4/h6-8,18,20H,5H2,1-4H3. The fourth-order valence-electron chi connectivity index (χ4n) is 2.05. The summed E-state index contributed by atoms with van der Waals surface area (Å²) in [5.74, 6) is -0.303. The van der Waals surface area contributed by atoms with Gasteiger partial charge in [-0.05, 0) is 51.0 Å². The Balaban J connectivity index is 2.18. The quantitative estimate of drug-likeness (QED) is 0.675. The largest absolute Gasteiger partial charge is 0.581 e. The minimum absolute atomic E-state index is 0.258. The monoisotopic (exact) mass is 307 g/mol. The maximum Gasteiger partial charge on any atom is 0.581 e. The molecule has 2 rings (SSSR count). The molecule has 2 N–H and O–H groups in total. The maximum atomic E-state index is 13.7. The van der Waals surface area contributed by atoms with Gasteiger partial charge in [0, 0.05) is 10.9 Å². The summed E-state index contributed by atoms with van der Waals surface area (Å²) < 4.78 is 23.5. The Morgan fingerprint density at radius 2 is 2.05 bits per heavy atom. The highest BCUT2D eigenvalue weighted by Crippen LogP contribution is 2.18. The van der Waals surface area contributed by atoms with Gasteiger partial charge in [0.1, 0.15) is 11.4 Å².